The molecule has 0 spiro atoms. The average Bonchev–Trinajstić information content (AvgIpc) is 2.32. The SMILES string of the molecule is Clc1ccc(Nc2cccc(CBr)c2)cc1. The van der Waals surface area contributed by atoms with Crippen LogP contribution < -0.4 is 5.32 Å². The lowest BCUT2D eigenvalue weighted by molar-refractivity contribution is 1.42. The van der Waals surface area contributed by atoms with Crippen LogP contribution in [0.15, 0.2) is 48.5 Å². The Morgan fingerprint density at radius 2 is 1.75 bits per heavy atom. The number of benzene rings is 2. The Morgan fingerprint density at radius 3 is 2.44 bits per heavy atom. The molecule has 3 heteroatoms. The normalized spacial score (nSPS) is 10.1. The summed E-state index contributed by atoms with van der Waals surface area (Å²) in [4.78, 5) is 0. The van der Waals surface area contributed by atoms with Crippen molar-refractivity contribution in [2.45, 2.75) is 5.33 Å². The van der Waals surface area contributed by atoms with Gasteiger partial charge in [-0.1, -0.05) is 39.7 Å². The fourth-order valence-electron chi connectivity index (χ4n) is 1.43. The van der Waals surface area contributed by atoms with Crippen LogP contribution in [0.25, 0.3) is 0 Å². The minimum absolute atomic E-state index is 0.750. The van der Waals surface area contributed by atoms with Crippen LogP contribution in [0, 0.1) is 0 Å². The van der Waals surface area contributed by atoms with Gasteiger partial charge in [-0.2, -0.15) is 0 Å². The zero-order valence-corrected chi connectivity index (χ0v) is 10.9. The first kappa shape index (κ1) is 11.5. The summed E-state index contributed by atoms with van der Waals surface area (Å²) in [6.07, 6.45) is 0. The van der Waals surface area contributed by atoms with E-state index in [1.807, 2.05) is 36.4 Å². The summed E-state index contributed by atoms with van der Waals surface area (Å²) < 4.78 is 0. The van der Waals surface area contributed by atoms with E-state index in [1.165, 1.54) is 5.56 Å². The summed E-state index contributed by atoms with van der Waals surface area (Å²) in [5, 5.41) is 4.94. The van der Waals surface area contributed by atoms with E-state index in [1.54, 1.807) is 0 Å². The molecule has 0 unspecified atom stereocenters. The van der Waals surface area contributed by atoms with Crippen molar-refractivity contribution in [3.05, 3.63) is 59.1 Å². The van der Waals surface area contributed by atoms with E-state index in [4.69, 9.17) is 11.6 Å². The van der Waals surface area contributed by atoms with Gasteiger partial charge in [0.25, 0.3) is 0 Å². The van der Waals surface area contributed by atoms with Gasteiger partial charge >= 0.3 is 0 Å². The van der Waals surface area contributed by atoms with Gasteiger partial charge in [-0.25, -0.2) is 0 Å². The maximum absolute atomic E-state index is 5.83. The van der Waals surface area contributed by atoms with E-state index in [-0.39, 0.29) is 0 Å². The fourth-order valence-corrected chi connectivity index (χ4v) is 1.91. The van der Waals surface area contributed by atoms with Crippen LogP contribution in [0.5, 0.6) is 0 Å². The van der Waals surface area contributed by atoms with E-state index in [2.05, 4.69) is 33.4 Å². The first-order chi connectivity index (χ1) is 7.78. The van der Waals surface area contributed by atoms with E-state index in [0.717, 1.165) is 21.7 Å². The van der Waals surface area contributed by atoms with Gasteiger partial charge in [0, 0.05) is 21.7 Å². The lowest BCUT2D eigenvalue weighted by Crippen LogP contribution is -1.90. The predicted octanol–water partition coefficient (Wildman–Crippen LogP) is 4.98. The second kappa shape index (κ2) is 5.37. The maximum atomic E-state index is 5.83. The van der Waals surface area contributed by atoms with Crippen molar-refractivity contribution < 1.29 is 0 Å². The van der Waals surface area contributed by atoms with Crippen LogP contribution in [0.2, 0.25) is 5.02 Å². The van der Waals surface area contributed by atoms with Crippen LogP contribution in [-0.2, 0) is 5.33 Å². The third-order valence-corrected chi connectivity index (χ3v) is 3.11. The van der Waals surface area contributed by atoms with Crippen LogP contribution in [0.3, 0.4) is 0 Å². The van der Waals surface area contributed by atoms with E-state index >= 15 is 0 Å². The molecule has 16 heavy (non-hydrogen) atoms. The monoisotopic (exact) mass is 295 g/mol. The number of anilines is 2. The minimum Gasteiger partial charge on any atom is -0.356 e. The first-order valence-electron chi connectivity index (χ1n) is 4.95. The van der Waals surface area contributed by atoms with Crippen LogP contribution >= 0.6 is 27.5 Å². The quantitative estimate of drug-likeness (QED) is 0.788. The Balaban J connectivity index is 2.16. The third kappa shape index (κ3) is 3.00. The minimum atomic E-state index is 0.750. The highest BCUT2D eigenvalue weighted by Gasteiger charge is 1.96. The molecule has 0 aliphatic carbocycles. The number of halogens is 2. The summed E-state index contributed by atoms with van der Waals surface area (Å²) in [6, 6.07) is 15.9. The number of rotatable bonds is 3. The number of nitrogens with one attached hydrogen (secondary N) is 1. The van der Waals surface area contributed by atoms with E-state index < -0.39 is 0 Å². The van der Waals surface area contributed by atoms with Gasteiger partial charge < -0.3 is 5.32 Å². The van der Waals surface area contributed by atoms with Gasteiger partial charge in [-0.05, 0) is 42.0 Å². The summed E-state index contributed by atoms with van der Waals surface area (Å²) in [5.74, 6) is 0. The Kier molecular flexibility index (Phi) is 3.86. The molecule has 1 nitrogen and oxygen atoms in total. The molecule has 0 bridgehead atoms. The smallest absolute Gasteiger partial charge is 0.0407 e. The van der Waals surface area contributed by atoms with Crippen molar-refractivity contribution in [1.82, 2.24) is 0 Å². The van der Waals surface area contributed by atoms with Crippen LogP contribution in [0.4, 0.5) is 11.4 Å². The lowest BCUT2D eigenvalue weighted by Gasteiger charge is -2.07. The average molecular weight is 297 g/mol. The van der Waals surface area contributed by atoms with Gasteiger partial charge in [0.1, 0.15) is 0 Å². The molecular weight excluding hydrogens is 286 g/mol. The molecule has 0 saturated carbocycles. The highest BCUT2D eigenvalue weighted by Crippen LogP contribution is 2.20. The zero-order valence-electron chi connectivity index (χ0n) is 8.58. The van der Waals surface area contributed by atoms with Gasteiger partial charge in [0.2, 0.25) is 0 Å². The van der Waals surface area contributed by atoms with Crippen LogP contribution in [-0.4, -0.2) is 0 Å². The molecule has 0 heterocycles. The van der Waals surface area contributed by atoms with Gasteiger partial charge in [0.15, 0.2) is 0 Å². The molecule has 0 radical (unpaired) electrons. The van der Waals surface area contributed by atoms with Crippen molar-refractivity contribution in [1.29, 1.82) is 0 Å². The molecule has 0 atom stereocenters. The molecule has 2 rings (SSSR count). The molecule has 0 aliphatic rings. The topological polar surface area (TPSA) is 12.0 Å². The van der Waals surface area contributed by atoms with Crippen molar-refractivity contribution >= 4 is 38.9 Å². The second-order valence-corrected chi connectivity index (χ2v) is 4.46. The van der Waals surface area contributed by atoms with E-state index in [9.17, 15) is 0 Å². The van der Waals surface area contributed by atoms with Gasteiger partial charge in [-0.15, -0.1) is 0 Å². The molecule has 82 valence electrons. The zero-order chi connectivity index (χ0) is 11.4. The fraction of sp³-hybridized carbons (Fsp3) is 0.0769. The Morgan fingerprint density at radius 1 is 1.00 bits per heavy atom. The summed E-state index contributed by atoms with van der Waals surface area (Å²) in [6.45, 7) is 0. The number of hydrogen-bond acceptors (Lipinski definition) is 1. The molecule has 0 amide bonds. The van der Waals surface area contributed by atoms with Crippen molar-refractivity contribution in [2.75, 3.05) is 5.32 Å². The molecule has 2 aromatic carbocycles. The van der Waals surface area contributed by atoms with Crippen molar-refractivity contribution in [3.63, 3.8) is 0 Å². The Hall–Kier alpha value is -0.990. The lowest BCUT2D eigenvalue weighted by atomic mass is 10.2. The molecule has 2 aromatic rings. The highest BCUT2D eigenvalue weighted by atomic mass is 79.9. The Labute approximate surface area is 109 Å². The highest BCUT2D eigenvalue weighted by molar-refractivity contribution is 9.08. The van der Waals surface area contributed by atoms with Gasteiger partial charge in [-0.3, -0.25) is 0 Å². The summed E-state index contributed by atoms with van der Waals surface area (Å²) >= 11 is 9.27. The largest absolute Gasteiger partial charge is 0.356 e. The molecule has 0 saturated heterocycles. The maximum Gasteiger partial charge on any atom is 0.0407 e. The Bertz CT molecular complexity index is 468. The van der Waals surface area contributed by atoms with Gasteiger partial charge in [0.05, 0.1) is 0 Å². The molecule has 0 aromatic heterocycles. The molecule has 0 fully saturated rings. The summed E-state index contributed by atoms with van der Waals surface area (Å²) in [7, 11) is 0. The third-order valence-electron chi connectivity index (χ3n) is 2.21. The molecule has 1 N–H and O–H groups in total. The molecule has 0 aliphatic heterocycles. The first-order valence-corrected chi connectivity index (χ1v) is 6.45. The molecular formula is C13H11BrClN. The standard InChI is InChI=1S/C13H11BrClN/c14-9-10-2-1-3-13(8-10)16-12-6-4-11(15)5-7-12/h1-8,16H,9H2. The number of hydrogen-bond donors (Lipinski definition) is 1. The van der Waals surface area contributed by atoms with Crippen molar-refractivity contribution in [3.8, 4) is 0 Å². The van der Waals surface area contributed by atoms with Crippen LogP contribution in [0.1, 0.15) is 5.56 Å². The number of alkyl halides is 1. The second-order valence-electron chi connectivity index (χ2n) is 3.47. The summed E-state index contributed by atoms with van der Waals surface area (Å²) in [5.41, 5.74) is 3.37. The predicted molar refractivity (Wildman–Crippen MR) is 73.8 cm³/mol. The van der Waals surface area contributed by atoms with Crippen molar-refractivity contribution in [2.24, 2.45) is 0 Å². The van der Waals surface area contributed by atoms with E-state index in [0.29, 0.717) is 0 Å².